The number of phosphoric acid groups is 2. The van der Waals surface area contributed by atoms with Crippen LogP contribution in [-0.2, 0) is 46.6 Å². The van der Waals surface area contributed by atoms with Crippen molar-refractivity contribution in [2.75, 3.05) is 6.61 Å². The van der Waals surface area contributed by atoms with Gasteiger partial charge in [0.25, 0.3) is 5.56 Å². The molecule has 1 unspecified atom stereocenters. The van der Waals surface area contributed by atoms with Crippen molar-refractivity contribution in [2.24, 2.45) is 0 Å². The summed E-state index contributed by atoms with van der Waals surface area (Å²) in [6.45, 7) is -0.316. The van der Waals surface area contributed by atoms with E-state index in [-0.39, 0.29) is 6.29 Å². The number of hydrogen-bond acceptors (Lipinski definition) is 16. The van der Waals surface area contributed by atoms with Gasteiger partial charge in [-0.05, 0) is 6.92 Å². The number of rotatable bonds is 14. The van der Waals surface area contributed by atoms with E-state index in [0.717, 1.165) is 19.2 Å². The molecule has 0 radical (unpaired) electrons. The molecule has 0 bridgehead atoms. The number of aliphatic hydroxyl groups is 4. The first-order valence-electron chi connectivity index (χ1n) is 10.3. The van der Waals surface area contributed by atoms with E-state index in [1.165, 1.54) is 0 Å². The monoisotopic (exact) mass is 630 g/mol. The first-order chi connectivity index (χ1) is 17.8. The van der Waals surface area contributed by atoms with Crippen LogP contribution >= 0.6 is 15.6 Å². The lowest BCUT2D eigenvalue weighted by Crippen LogP contribution is -2.46. The van der Waals surface area contributed by atoms with Crippen LogP contribution in [0.15, 0.2) is 21.9 Å². The third kappa shape index (κ3) is 9.42. The van der Waals surface area contributed by atoms with Crippen molar-refractivity contribution in [1.29, 1.82) is 0 Å². The lowest BCUT2D eigenvalue weighted by Gasteiger charge is -2.29. The minimum atomic E-state index is -5.69. The van der Waals surface area contributed by atoms with Crippen molar-refractivity contribution in [1.82, 2.24) is 9.55 Å². The minimum Gasteiger partial charge on any atom is -0.388 e. The van der Waals surface area contributed by atoms with Crippen LogP contribution in [0.5, 0.6) is 0 Å². The lowest BCUT2D eigenvalue weighted by atomic mass is 10.1. The van der Waals surface area contributed by atoms with Gasteiger partial charge >= 0.3 is 31.7 Å². The van der Waals surface area contributed by atoms with Gasteiger partial charge in [0.2, 0.25) is 0 Å². The summed E-state index contributed by atoms with van der Waals surface area (Å²) in [6.07, 6.45) is -15.8. The van der Waals surface area contributed by atoms with E-state index in [4.69, 9.17) is 28.1 Å². The Morgan fingerprint density at radius 3 is 2.31 bits per heavy atom. The molecule has 1 fully saturated rings. The van der Waals surface area contributed by atoms with E-state index in [9.17, 15) is 52.4 Å². The zero-order chi connectivity index (χ0) is 29.9. The van der Waals surface area contributed by atoms with Crippen molar-refractivity contribution in [3.8, 4) is 0 Å². The molecule has 39 heavy (non-hydrogen) atoms. The fourth-order valence-electron chi connectivity index (χ4n) is 3.13. The molecule has 2 rings (SSSR count). The van der Waals surface area contributed by atoms with Gasteiger partial charge in [-0.25, -0.2) is 18.1 Å². The molecular formula is C15H24N2O19P2S. The highest BCUT2D eigenvalue weighted by Crippen LogP contribution is 2.62. The van der Waals surface area contributed by atoms with Crippen LogP contribution in [0.4, 0.5) is 0 Å². The van der Waals surface area contributed by atoms with E-state index < -0.39 is 92.9 Å². The molecule has 1 aliphatic rings. The van der Waals surface area contributed by atoms with E-state index >= 15 is 0 Å². The zero-order valence-electron chi connectivity index (χ0n) is 19.3. The van der Waals surface area contributed by atoms with Gasteiger partial charge in [-0.1, -0.05) is 0 Å². The Morgan fingerprint density at radius 2 is 1.79 bits per heavy atom. The molecule has 8 N–H and O–H groups in total. The van der Waals surface area contributed by atoms with Crippen molar-refractivity contribution in [2.45, 2.75) is 55.9 Å². The van der Waals surface area contributed by atoms with Gasteiger partial charge in [0, 0.05) is 12.3 Å². The summed E-state index contributed by atoms with van der Waals surface area (Å²) in [5.74, 6) is 0. The minimum absolute atomic E-state index is 0.342. The predicted molar refractivity (Wildman–Crippen MR) is 119 cm³/mol. The number of aromatic nitrogens is 2. The highest BCUT2D eigenvalue weighted by atomic mass is 32.3. The molecular weight excluding hydrogens is 606 g/mol. The van der Waals surface area contributed by atoms with E-state index in [2.05, 4.69) is 8.49 Å². The molecule has 2 heterocycles. The Morgan fingerprint density at radius 1 is 1.18 bits per heavy atom. The summed E-state index contributed by atoms with van der Waals surface area (Å²) in [5.41, 5.74) is -1.84. The number of nitrogens with one attached hydrogen (secondary N) is 1. The van der Waals surface area contributed by atoms with Crippen LogP contribution in [0, 0.1) is 0 Å². The first kappa shape index (κ1) is 33.5. The summed E-state index contributed by atoms with van der Waals surface area (Å²) < 4.78 is 77.8. The number of hydrogen-bond donors (Lipinski definition) is 8. The molecule has 0 aliphatic carbocycles. The summed E-state index contributed by atoms with van der Waals surface area (Å²) in [4.78, 5) is 54.2. The number of ether oxygens (including phenoxy) is 1. The van der Waals surface area contributed by atoms with Crippen molar-refractivity contribution in [3.05, 3.63) is 33.1 Å². The largest absolute Gasteiger partial charge is 0.484 e. The lowest BCUT2D eigenvalue weighted by molar-refractivity contribution is -0.129. The fraction of sp³-hybridized carbons (Fsp3) is 0.667. The normalized spacial score (nSPS) is 26.9. The van der Waals surface area contributed by atoms with Gasteiger partial charge in [0.15, 0.2) is 18.6 Å². The van der Waals surface area contributed by atoms with Crippen LogP contribution in [0.1, 0.15) is 13.2 Å². The fourth-order valence-corrected chi connectivity index (χ4v) is 5.88. The molecule has 0 aromatic carbocycles. The zero-order valence-corrected chi connectivity index (χ0v) is 21.9. The summed E-state index contributed by atoms with van der Waals surface area (Å²) in [5, 5.41) is 40.6. The summed E-state index contributed by atoms with van der Waals surface area (Å²) >= 11 is 0. The van der Waals surface area contributed by atoms with E-state index in [1.54, 1.807) is 0 Å². The third-order valence-corrected chi connectivity index (χ3v) is 8.07. The van der Waals surface area contributed by atoms with Crippen LogP contribution < -0.4 is 11.2 Å². The predicted octanol–water partition coefficient (Wildman–Crippen LogP) is -4.10. The highest BCUT2D eigenvalue weighted by Gasteiger charge is 2.47. The number of phosphoric ester groups is 1. The van der Waals surface area contributed by atoms with Gasteiger partial charge in [0.05, 0.1) is 12.7 Å². The van der Waals surface area contributed by atoms with Crippen LogP contribution in [0.3, 0.4) is 0 Å². The Hall–Kier alpha value is -1.72. The Labute approximate surface area is 217 Å². The van der Waals surface area contributed by atoms with Crippen molar-refractivity contribution in [3.63, 3.8) is 0 Å². The van der Waals surface area contributed by atoms with Gasteiger partial charge in [0.1, 0.15) is 30.5 Å². The van der Waals surface area contributed by atoms with Gasteiger partial charge in [-0.15, -0.1) is 0 Å². The molecule has 21 nitrogen and oxygen atoms in total. The smallest absolute Gasteiger partial charge is 0.388 e. The second-order valence-corrected chi connectivity index (χ2v) is 11.8. The SMILES string of the molecule is C[C@@H](OP(=O)(OC[C@H]1O[C@@H](n2ccc(=O)[nH]c2=O)[C@H](O)[C@@H]1O)OP(=O)(O)O)[C@@H](O)[C@H](O)[C@H](C=O)OS(=O)(=O)O. The quantitative estimate of drug-likeness (QED) is 0.0550. The number of aromatic amines is 1. The van der Waals surface area contributed by atoms with Crippen LogP contribution in [0.25, 0.3) is 0 Å². The molecule has 0 amide bonds. The number of carbonyl (C=O) groups excluding carboxylic acids is 1. The Balaban J connectivity index is 2.19. The number of H-pyrrole nitrogens is 1. The molecule has 9 atom stereocenters. The molecule has 24 heteroatoms. The Bertz CT molecular complexity index is 1320. The maximum absolute atomic E-state index is 12.9. The first-order valence-corrected chi connectivity index (χ1v) is 14.6. The van der Waals surface area contributed by atoms with Gasteiger partial charge in [-0.3, -0.25) is 27.9 Å². The molecule has 1 aliphatic heterocycles. The van der Waals surface area contributed by atoms with Crippen LogP contribution in [-0.4, -0.2) is 108 Å². The van der Waals surface area contributed by atoms with Gasteiger partial charge < -0.3 is 39.7 Å². The van der Waals surface area contributed by atoms with Gasteiger partial charge in [-0.2, -0.15) is 12.7 Å². The van der Waals surface area contributed by atoms with E-state index in [0.29, 0.717) is 4.57 Å². The molecule has 0 saturated carbocycles. The maximum Gasteiger partial charge on any atom is 0.484 e. The average Bonchev–Trinajstić information content (AvgIpc) is 3.07. The molecule has 1 aromatic heterocycles. The number of aliphatic hydroxyl groups excluding tert-OH is 4. The standard InChI is InChI=1S/C15H24N2O19P2S/c1-6(10(20)11(21)7(4-18)35-39(29,30)31)34-38(28,36-37(25,26)27)32-5-8-12(22)13(23)14(33-8)17-3-2-9(19)16-15(17)24/h2-4,6-8,10-14,20-23H,5H2,1H3,(H,16,19,24)(H2,25,26,27)(H,29,30,31)/t6-,7+,8-,10-,11-,12-,13-,14-,38?/m1/s1. The molecule has 1 saturated heterocycles. The van der Waals surface area contributed by atoms with Crippen LogP contribution in [0.2, 0.25) is 0 Å². The summed E-state index contributed by atoms with van der Waals surface area (Å²) in [7, 11) is -16.5. The number of carbonyl (C=O) groups is 1. The van der Waals surface area contributed by atoms with Crippen molar-refractivity contribution >= 4 is 32.3 Å². The van der Waals surface area contributed by atoms with Crippen molar-refractivity contribution < 1.29 is 79.4 Å². The molecule has 1 aromatic rings. The number of nitrogens with zero attached hydrogens (tertiary/aromatic N) is 1. The highest BCUT2D eigenvalue weighted by molar-refractivity contribution is 7.80. The summed E-state index contributed by atoms with van der Waals surface area (Å²) in [6, 6.07) is 0.890. The topological polar surface area (TPSA) is 328 Å². The molecule has 0 spiro atoms. The third-order valence-electron chi connectivity index (χ3n) is 4.90. The van der Waals surface area contributed by atoms with E-state index in [1.807, 2.05) is 4.98 Å². The Kier molecular flexibility index (Phi) is 11.0. The average molecular weight is 630 g/mol. The second-order valence-electron chi connectivity index (χ2n) is 7.80. The molecule has 224 valence electrons. The number of aldehydes is 1. The second kappa shape index (κ2) is 12.9. The maximum atomic E-state index is 12.9.